The Bertz CT molecular complexity index is 1240. The molecule has 8 heteroatoms. The number of fused-ring (bicyclic) bond motifs is 1. The van der Waals surface area contributed by atoms with Crippen LogP contribution in [0.25, 0.3) is 22.2 Å². The first-order chi connectivity index (χ1) is 14.9. The van der Waals surface area contributed by atoms with Crippen LogP contribution in [0.4, 0.5) is 14.5 Å². The van der Waals surface area contributed by atoms with Crippen molar-refractivity contribution in [1.29, 1.82) is 0 Å². The maximum Gasteiger partial charge on any atom is 0.387 e. The first-order valence-electron chi connectivity index (χ1n) is 9.65. The second-order valence-electron chi connectivity index (χ2n) is 7.09. The fraction of sp³-hybridized carbons (Fsp3) is 0.174. The number of nitrogens with one attached hydrogen (secondary N) is 1. The van der Waals surface area contributed by atoms with Gasteiger partial charge in [0.1, 0.15) is 12.3 Å². The van der Waals surface area contributed by atoms with Crippen molar-refractivity contribution < 1.29 is 18.3 Å². The van der Waals surface area contributed by atoms with Gasteiger partial charge in [-0.1, -0.05) is 36.4 Å². The number of pyridine rings is 1. The van der Waals surface area contributed by atoms with Gasteiger partial charge in [-0.25, -0.2) is 9.67 Å². The highest BCUT2D eigenvalue weighted by Gasteiger charge is 2.17. The number of hydrogen-bond donors (Lipinski definition) is 1. The Morgan fingerprint density at radius 1 is 1.13 bits per heavy atom. The van der Waals surface area contributed by atoms with Crippen LogP contribution >= 0.6 is 0 Å². The van der Waals surface area contributed by atoms with E-state index in [1.165, 1.54) is 10.7 Å². The molecule has 2 heterocycles. The molecule has 1 N–H and O–H groups in total. The lowest BCUT2D eigenvalue weighted by molar-refractivity contribution is -0.116. The molecule has 1 amide bonds. The summed E-state index contributed by atoms with van der Waals surface area (Å²) in [6, 6.07) is 16.4. The van der Waals surface area contributed by atoms with Crippen LogP contribution < -0.4 is 10.1 Å². The lowest BCUT2D eigenvalue weighted by Gasteiger charge is -2.13. The smallest absolute Gasteiger partial charge is 0.387 e. The first kappa shape index (κ1) is 20.5. The molecule has 6 nitrogen and oxygen atoms in total. The highest BCUT2D eigenvalue weighted by molar-refractivity contribution is 5.96. The number of aromatic nitrogens is 3. The van der Waals surface area contributed by atoms with E-state index in [4.69, 9.17) is 0 Å². The fourth-order valence-corrected chi connectivity index (χ4v) is 3.52. The summed E-state index contributed by atoms with van der Waals surface area (Å²) in [5, 5.41) is 7.99. The Balaban J connectivity index is 1.63. The number of ether oxygens (including phenoxy) is 1. The topological polar surface area (TPSA) is 69.0 Å². The summed E-state index contributed by atoms with van der Waals surface area (Å²) < 4.78 is 31.4. The van der Waals surface area contributed by atoms with Gasteiger partial charge in [0.25, 0.3) is 0 Å². The number of nitrogens with zero attached hydrogens (tertiary/aromatic N) is 3. The Morgan fingerprint density at radius 2 is 1.90 bits per heavy atom. The van der Waals surface area contributed by atoms with E-state index in [1.54, 1.807) is 25.3 Å². The molecule has 0 fully saturated rings. The molecule has 0 radical (unpaired) electrons. The summed E-state index contributed by atoms with van der Waals surface area (Å²) in [4.78, 5) is 17.1. The molecule has 0 atom stereocenters. The molecule has 0 aliphatic rings. The van der Waals surface area contributed by atoms with Gasteiger partial charge in [-0.2, -0.15) is 13.9 Å². The molecule has 4 rings (SSSR count). The monoisotopic (exact) mass is 422 g/mol. The van der Waals surface area contributed by atoms with Crippen molar-refractivity contribution in [3.63, 3.8) is 0 Å². The number of hydrogen-bond acceptors (Lipinski definition) is 4. The number of benzene rings is 2. The summed E-state index contributed by atoms with van der Waals surface area (Å²) >= 11 is 0. The van der Waals surface area contributed by atoms with Crippen LogP contribution in [-0.2, 0) is 11.3 Å². The van der Waals surface area contributed by atoms with E-state index < -0.39 is 12.5 Å². The number of carbonyl (C=O) groups excluding carboxylic acids is 1. The second-order valence-corrected chi connectivity index (χ2v) is 7.09. The molecule has 0 spiro atoms. The highest BCUT2D eigenvalue weighted by Crippen LogP contribution is 2.30. The van der Waals surface area contributed by atoms with Gasteiger partial charge >= 0.3 is 6.61 Å². The number of halogens is 2. The van der Waals surface area contributed by atoms with Crippen molar-refractivity contribution in [2.45, 2.75) is 27.0 Å². The number of anilines is 1. The highest BCUT2D eigenvalue weighted by atomic mass is 19.3. The van der Waals surface area contributed by atoms with E-state index >= 15 is 0 Å². The SMILES string of the molecule is Cc1ccc(OC(F)F)c(NC(=O)Cn2nc(C)c3c(-c4ccccc4)ccnc32)c1. The van der Waals surface area contributed by atoms with Gasteiger partial charge in [0.05, 0.1) is 11.4 Å². The second kappa shape index (κ2) is 8.51. The molecule has 0 aliphatic heterocycles. The van der Waals surface area contributed by atoms with Gasteiger partial charge in [0, 0.05) is 11.6 Å². The van der Waals surface area contributed by atoms with Crippen LogP contribution in [-0.4, -0.2) is 27.3 Å². The zero-order valence-corrected chi connectivity index (χ0v) is 17.0. The van der Waals surface area contributed by atoms with Crippen LogP contribution in [0.2, 0.25) is 0 Å². The Labute approximate surface area is 177 Å². The minimum absolute atomic E-state index is 0.0973. The number of rotatable bonds is 6. The van der Waals surface area contributed by atoms with Crippen LogP contribution in [0.15, 0.2) is 60.8 Å². The molecule has 4 aromatic rings. The maximum absolute atomic E-state index is 12.7. The molecule has 0 saturated heterocycles. The van der Waals surface area contributed by atoms with Crippen molar-refractivity contribution in [2.24, 2.45) is 0 Å². The van der Waals surface area contributed by atoms with Crippen LogP contribution in [0.5, 0.6) is 5.75 Å². The third kappa shape index (κ3) is 4.37. The maximum atomic E-state index is 12.7. The van der Waals surface area contributed by atoms with Crippen LogP contribution in [0.3, 0.4) is 0 Å². The third-order valence-electron chi connectivity index (χ3n) is 4.81. The molecule has 0 saturated carbocycles. The van der Waals surface area contributed by atoms with Gasteiger partial charge in [-0.05, 0) is 48.7 Å². The molecule has 31 heavy (non-hydrogen) atoms. The average molecular weight is 422 g/mol. The minimum Gasteiger partial charge on any atom is -0.433 e. The van der Waals surface area contributed by atoms with E-state index in [9.17, 15) is 13.6 Å². The summed E-state index contributed by atoms with van der Waals surface area (Å²) in [6.45, 7) is 0.537. The number of aryl methyl sites for hydroxylation is 2. The summed E-state index contributed by atoms with van der Waals surface area (Å²) in [5.74, 6) is -0.527. The van der Waals surface area contributed by atoms with Gasteiger partial charge in [0.15, 0.2) is 5.65 Å². The lowest BCUT2D eigenvalue weighted by Crippen LogP contribution is -2.20. The van der Waals surface area contributed by atoms with Crippen molar-refractivity contribution >= 4 is 22.6 Å². The molecule has 0 aliphatic carbocycles. The first-order valence-corrected chi connectivity index (χ1v) is 9.65. The number of amides is 1. The molecule has 2 aromatic heterocycles. The summed E-state index contributed by atoms with van der Waals surface area (Å²) in [6.07, 6.45) is 1.68. The van der Waals surface area contributed by atoms with Gasteiger partial charge in [-0.3, -0.25) is 4.79 Å². The van der Waals surface area contributed by atoms with Crippen LogP contribution in [0.1, 0.15) is 11.3 Å². The molecule has 2 aromatic carbocycles. The predicted octanol–water partition coefficient (Wildman–Crippen LogP) is 4.96. The predicted molar refractivity (Wildman–Crippen MR) is 114 cm³/mol. The van der Waals surface area contributed by atoms with Gasteiger partial charge in [0.2, 0.25) is 5.91 Å². The molecule has 158 valence electrons. The van der Waals surface area contributed by atoms with E-state index in [2.05, 4.69) is 20.1 Å². The van der Waals surface area contributed by atoms with E-state index in [0.29, 0.717) is 5.65 Å². The molecular weight excluding hydrogens is 402 g/mol. The third-order valence-corrected chi connectivity index (χ3v) is 4.81. The Hall–Kier alpha value is -3.81. The normalized spacial score (nSPS) is 11.1. The van der Waals surface area contributed by atoms with Crippen molar-refractivity contribution in [1.82, 2.24) is 14.8 Å². The Morgan fingerprint density at radius 3 is 2.65 bits per heavy atom. The summed E-state index contributed by atoms with van der Waals surface area (Å²) in [7, 11) is 0. The van der Waals surface area contributed by atoms with E-state index in [-0.39, 0.29) is 18.0 Å². The standard InChI is InChI=1S/C23H20F2N4O2/c1-14-8-9-19(31-23(24)25)18(12-14)27-20(30)13-29-22-21(15(2)28-29)17(10-11-26-22)16-6-4-3-5-7-16/h3-12,23H,13H2,1-2H3,(H,27,30). The Kier molecular flexibility index (Phi) is 5.62. The van der Waals surface area contributed by atoms with Crippen molar-refractivity contribution in [2.75, 3.05) is 5.32 Å². The largest absolute Gasteiger partial charge is 0.433 e. The lowest BCUT2D eigenvalue weighted by atomic mass is 10.0. The molecular formula is C23H20F2N4O2. The van der Waals surface area contributed by atoms with Gasteiger partial charge < -0.3 is 10.1 Å². The zero-order chi connectivity index (χ0) is 22.0. The quantitative estimate of drug-likeness (QED) is 0.477. The molecule has 0 unspecified atom stereocenters. The molecule has 0 bridgehead atoms. The van der Waals surface area contributed by atoms with Crippen molar-refractivity contribution in [3.8, 4) is 16.9 Å². The average Bonchev–Trinajstić information content (AvgIpc) is 3.06. The number of alkyl halides is 2. The van der Waals surface area contributed by atoms with Crippen molar-refractivity contribution in [3.05, 3.63) is 72.1 Å². The summed E-state index contributed by atoms with van der Waals surface area (Å²) in [5.41, 5.74) is 4.29. The fourth-order valence-electron chi connectivity index (χ4n) is 3.52. The van der Waals surface area contributed by atoms with E-state index in [0.717, 1.165) is 27.8 Å². The van der Waals surface area contributed by atoms with Crippen LogP contribution in [0, 0.1) is 13.8 Å². The number of carbonyl (C=O) groups is 1. The minimum atomic E-state index is -2.99. The van der Waals surface area contributed by atoms with Gasteiger partial charge in [-0.15, -0.1) is 0 Å². The zero-order valence-electron chi connectivity index (χ0n) is 17.0. The van der Waals surface area contributed by atoms with E-state index in [1.807, 2.05) is 43.3 Å².